The molecule has 0 bridgehead atoms. The lowest BCUT2D eigenvalue weighted by molar-refractivity contribution is -0.111. The Bertz CT molecular complexity index is 1100. The van der Waals surface area contributed by atoms with E-state index in [4.69, 9.17) is 9.47 Å². The van der Waals surface area contributed by atoms with Gasteiger partial charge in [-0.2, -0.15) is 4.31 Å². The number of aryl methyl sites for hydroxylation is 1. The number of nitrogens with zero attached hydrogens (tertiary/aromatic N) is 1. The molecule has 2 heterocycles. The molecule has 2 aliphatic heterocycles. The molecule has 0 aromatic heterocycles. The molecule has 2 aliphatic rings. The summed E-state index contributed by atoms with van der Waals surface area (Å²) in [5.74, 6) is 0.975. The summed E-state index contributed by atoms with van der Waals surface area (Å²) < 4.78 is 38.5. The number of benzene rings is 2. The Morgan fingerprint density at radius 1 is 1.00 bits per heavy atom. The third-order valence-corrected chi connectivity index (χ3v) is 7.50. The summed E-state index contributed by atoms with van der Waals surface area (Å²) in [6, 6.07) is 10.4. The number of fused-ring (bicyclic) bond motifs is 1. The molecule has 31 heavy (non-hydrogen) atoms. The molecule has 1 fully saturated rings. The molecule has 0 aliphatic carbocycles. The molecule has 1 N–H and O–H groups in total. The van der Waals surface area contributed by atoms with Crippen LogP contribution < -0.4 is 14.8 Å². The van der Waals surface area contributed by atoms with Crippen LogP contribution in [0.15, 0.2) is 47.4 Å². The van der Waals surface area contributed by atoms with E-state index in [2.05, 4.69) is 5.32 Å². The van der Waals surface area contributed by atoms with E-state index < -0.39 is 10.0 Å². The maximum atomic E-state index is 13.2. The number of sulfonamides is 1. The van der Waals surface area contributed by atoms with E-state index >= 15 is 0 Å². The van der Waals surface area contributed by atoms with Crippen molar-refractivity contribution < 1.29 is 22.7 Å². The van der Waals surface area contributed by atoms with Gasteiger partial charge in [0.05, 0.1) is 4.90 Å². The van der Waals surface area contributed by atoms with Crippen molar-refractivity contribution in [2.75, 3.05) is 25.2 Å². The van der Waals surface area contributed by atoms with Gasteiger partial charge in [-0.05, 0) is 61.2 Å². The molecule has 0 radical (unpaired) electrons. The first-order chi connectivity index (χ1) is 14.9. The van der Waals surface area contributed by atoms with E-state index in [1.165, 1.54) is 6.08 Å². The van der Waals surface area contributed by atoms with Gasteiger partial charge in [-0.3, -0.25) is 4.79 Å². The summed E-state index contributed by atoms with van der Waals surface area (Å²) in [5, 5.41) is 2.75. The molecule has 0 atom stereocenters. The standard InChI is InChI=1S/C23H26N2O5S/c1-17-6-9-19(15-22(17)31(27,28)25-12-4-2-3-5-13-25)24-23(26)11-8-18-7-10-20-21(14-18)30-16-29-20/h6-11,14-15H,2-5,12-13,16H2,1H3,(H,24,26). The minimum atomic E-state index is -3.60. The summed E-state index contributed by atoms with van der Waals surface area (Å²) in [6.07, 6.45) is 6.92. The summed E-state index contributed by atoms with van der Waals surface area (Å²) >= 11 is 0. The quantitative estimate of drug-likeness (QED) is 0.709. The molecule has 7 nitrogen and oxygen atoms in total. The van der Waals surface area contributed by atoms with Crippen LogP contribution in [0.1, 0.15) is 36.8 Å². The fraction of sp³-hybridized carbons (Fsp3) is 0.348. The zero-order chi connectivity index (χ0) is 21.8. The smallest absolute Gasteiger partial charge is 0.248 e. The average Bonchev–Trinajstić information content (AvgIpc) is 3.04. The molecule has 2 aromatic rings. The topological polar surface area (TPSA) is 84.9 Å². The zero-order valence-electron chi connectivity index (χ0n) is 17.5. The molecule has 0 unspecified atom stereocenters. The van der Waals surface area contributed by atoms with Crippen LogP contribution in [-0.4, -0.2) is 38.5 Å². The van der Waals surface area contributed by atoms with Gasteiger partial charge in [0.1, 0.15) is 0 Å². The first-order valence-electron chi connectivity index (χ1n) is 10.4. The van der Waals surface area contributed by atoms with Gasteiger partial charge in [-0.15, -0.1) is 0 Å². The van der Waals surface area contributed by atoms with Crippen molar-refractivity contribution in [2.24, 2.45) is 0 Å². The highest BCUT2D eigenvalue weighted by atomic mass is 32.2. The maximum absolute atomic E-state index is 13.2. The number of hydrogen-bond acceptors (Lipinski definition) is 5. The zero-order valence-corrected chi connectivity index (χ0v) is 18.3. The average molecular weight is 443 g/mol. The van der Waals surface area contributed by atoms with Gasteiger partial charge in [0.2, 0.25) is 22.7 Å². The number of carbonyl (C=O) groups excluding carboxylic acids is 1. The van der Waals surface area contributed by atoms with Crippen LogP contribution in [0, 0.1) is 6.92 Å². The van der Waals surface area contributed by atoms with Gasteiger partial charge in [0.25, 0.3) is 0 Å². The normalized spacial score (nSPS) is 16.9. The fourth-order valence-corrected chi connectivity index (χ4v) is 5.52. The summed E-state index contributed by atoms with van der Waals surface area (Å²) in [4.78, 5) is 12.6. The van der Waals surface area contributed by atoms with Crippen molar-refractivity contribution in [3.63, 3.8) is 0 Å². The van der Waals surface area contributed by atoms with Crippen molar-refractivity contribution in [3.05, 3.63) is 53.6 Å². The number of ether oxygens (including phenoxy) is 2. The van der Waals surface area contributed by atoms with Gasteiger partial charge >= 0.3 is 0 Å². The van der Waals surface area contributed by atoms with Crippen LogP contribution >= 0.6 is 0 Å². The van der Waals surface area contributed by atoms with Gasteiger partial charge in [-0.1, -0.05) is 25.0 Å². The van der Waals surface area contributed by atoms with Crippen molar-refractivity contribution in [2.45, 2.75) is 37.5 Å². The molecule has 8 heteroatoms. The molecular weight excluding hydrogens is 416 g/mol. The SMILES string of the molecule is Cc1ccc(NC(=O)C=Cc2ccc3c(c2)OCO3)cc1S(=O)(=O)N1CCCCCC1. The van der Waals surface area contributed by atoms with Crippen LogP contribution in [0.3, 0.4) is 0 Å². The number of carbonyl (C=O) groups is 1. The Morgan fingerprint density at radius 3 is 2.52 bits per heavy atom. The number of nitrogens with one attached hydrogen (secondary N) is 1. The Hall–Kier alpha value is -2.84. The van der Waals surface area contributed by atoms with Crippen molar-refractivity contribution >= 4 is 27.7 Å². The summed E-state index contributed by atoms with van der Waals surface area (Å²) in [6.45, 7) is 3.04. The number of anilines is 1. The number of amides is 1. The van der Waals surface area contributed by atoms with E-state index in [0.717, 1.165) is 31.2 Å². The monoisotopic (exact) mass is 442 g/mol. The van der Waals surface area contributed by atoms with E-state index in [-0.39, 0.29) is 17.6 Å². The largest absolute Gasteiger partial charge is 0.454 e. The molecule has 0 saturated carbocycles. The molecular formula is C23H26N2O5S. The molecule has 1 saturated heterocycles. The summed E-state index contributed by atoms with van der Waals surface area (Å²) in [7, 11) is -3.60. The Labute approximate surface area is 182 Å². The van der Waals surface area contributed by atoms with Crippen LogP contribution in [0.25, 0.3) is 6.08 Å². The Balaban J connectivity index is 1.48. The third-order valence-electron chi connectivity index (χ3n) is 5.46. The minimum Gasteiger partial charge on any atom is -0.454 e. The van der Waals surface area contributed by atoms with Crippen LogP contribution in [-0.2, 0) is 14.8 Å². The van der Waals surface area contributed by atoms with Crippen molar-refractivity contribution in [1.29, 1.82) is 0 Å². The van der Waals surface area contributed by atoms with E-state index in [0.29, 0.717) is 35.8 Å². The third kappa shape index (κ3) is 4.91. The highest BCUT2D eigenvalue weighted by Crippen LogP contribution is 2.33. The van der Waals surface area contributed by atoms with Crippen LogP contribution in [0.2, 0.25) is 0 Å². The van der Waals surface area contributed by atoms with Crippen LogP contribution in [0.4, 0.5) is 5.69 Å². The molecule has 4 rings (SSSR count). The Kier molecular flexibility index (Phi) is 6.29. The van der Waals surface area contributed by atoms with E-state index in [1.807, 2.05) is 6.07 Å². The maximum Gasteiger partial charge on any atom is 0.248 e. The highest BCUT2D eigenvalue weighted by molar-refractivity contribution is 7.89. The predicted octanol–water partition coefficient (Wildman–Crippen LogP) is 3.94. The fourth-order valence-electron chi connectivity index (χ4n) is 3.75. The molecule has 164 valence electrons. The van der Waals surface area contributed by atoms with Gasteiger partial charge < -0.3 is 14.8 Å². The van der Waals surface area contributed by atoms with E-state index in [9.17, 15) is 13.2 Å². The first kappa shape index (κ1) is 21.4. The molecule has 2 aromatic carbocycles. The second kappa shape index (κ2) is 9.11. The van der Waals surface area contributed by atoms with Crippen LogP contribution in [0.5, 0.6) is 11.5 Å². The van der Waals surface area contributed by atoms with Crippen molar-refractivity contribution in [1.82, 2.24) is 4.31 Å². The predicted molar refractivity (Wildman–Crippen MR) is 119 cm³/mol. The number of hydrogen-bond donors (Lipinski definition) is 1. The molecule has 1 amide bonds. The Morgan fingerprint density at radius 2 is 1.74 bits per heavy atom. The lowest BCUT2D eigenvalue weighted by Gasteiger charge is -2.21. The second-order valence-electron chi connectivity index (χ2n) is 7.73. The highest BCUT2D eigenvalue weighted by Gasteiger charge is 2.27. The van der Waals surface area contributed by atoms with Gasteiger partial charge in [0, 0.05) is 24.9 Å². The van der Waals surface area contributed by atoms with Crippen molar-refractivity contribution in [3.8, 4) is 11.5 Å². The first-order valence-corrected chi connectivity index (χ1v) is 11.9. The number of rotatable bonds is 5. The second-order valence-corrected chi connectivity index (χ2v) is 9.64. The van der Waals surface area contributed by atoms with Gasteiger partial charge in [-0.25, -0.2) is 8.42 Å². The van der Waals surface area contributed by atoms with E-state index in [1.54, 1.807) is 47.6 Å². The lowest BCUT2D eigenvalue weighted by Crippen LogP contribution is -2.32. The van der Waals surface area contributed by atoms with Gasteiger partial charge in [0.15, 0.2) is 11.5 Å². The minimum absolute atomic E-state index is 0.194. The molecule has 0 spiro atoms. The summed E-state index contributed by atoms with van der Waals surface area (Å²) in [5.41, 5.74) is 1.91. The lowest BCUT2D eigenvalue weighted by atomic mass is 10.2.